The number of aromatic nitrogens is 2. The van der Waals surface area contributed by atoms with Crippen molar-refractivity contribution in [3.63, 3.8) is 0 Å². The second-order valence-electron chi connectivity index (χ2n) is 6.75. The Labute approximate surface area is 156 Å². The number of thiazole rings is 1. The summed E-state index contributed by atoms with van der Waals surface area (Å²) in [6, 6.07) is 7.67. The van der Waals surface area contributed by atoms with Crippen LogP contribution in [0.15, 0.2) is 35.8 Å². The van der Waals surface area contributed by atoms with Gasteiger partial charge >= 0.3 is 0 Å². The van der Waals surface area contributed by atoms with Gasteiger partial charge in [0.2, 0.25) is 5.91 Å². The van der Waals surface area contributed by atoms with Crippen LogP contribution in [-0.4, -0.2) is 33.3 Å². The Bertz CT molecular complexity index is 891. The Morgan fingerprint density at radius 2 is 2.00 bits per heavy atom. The van der Waals surface area contributed by atoms with Gasteiger partial charge in [0.25, 0.3) is 0 Å². The highest BCUT2D eigenvalue weighted by molar-refractivity contribution is 7.15. The zero-order valence-corrected chi connectivity index (χ0v) is 15.7. The minimum absolute atomic E-state index is 0.216. The maximum atomic E-state index is 12.6. The number of benzene rings is 1. The molecule has 0 radical (unpaired) electrons. The smallest absolute Gasteiger partial charge is 0.228 e. The van der Waals surface area contributed by atoms with E-state index in [1.165, 1.54) is 0 Å². The molecule has 4 nitrogen and oxygen atoms in total. The molecule has 3 aromatic rings. The van der Waals surface area contributed by atoms with Gasteiger partial charge in [-0.05, 0) is 30.9 Å². The van der Waals surface area contributed by atoms with Gasteiger partial charge in [-0.15, -0.1) is 11.3 Å². The number of rotatable bonds is 3. The third-order valence-electron chi connectivity index (χ3n) is 4.89. The van der Waals surface area contributed by atoms with E-state index in [2.05, 4.69) is 11.9 Å². The molecule has 0 N–H and O–H groups in total. The molecule has 1 aliphatic heterocycles. The first-order valence-corrected chi connectivity index (χ1v) is 9.85. The molecule has 1 fully saturated rings. The summed E-state index contributed by atoms with van der Waals surface area (Å²) < 4.78 is 2.04. The highest BCUT2D eigenvalue weighted by atomic mass is 35.5. The minimum Gasteiger partial charge on any atom is -0.342 e. The Hall–Kier alpha value is -1.85. The summed E-state index contributed by atoms with van der Waals surface area (Å²) in [7, 11) is 0. The zero-order valence-electron chi connectivity index (χ0n) is 14.1. The van der Waals surface area contributed by atoms with Crippen molar-refractivity contribution in [3.05, 3.63) is 46.6 Å². The van der Waals surface area contributed by atoms with E-state index < -0.39 is 0 Å². The Kier molecular flexibility index (Phi) is 4.52. The van der Waals surface area contributed by atoms with Crippen molar-refractivity contribution in [3.8, 4) is 11.3 Å². The predicted molar refractivity (Wildman–Crippen MR) is 102 cm³/mol. The topological polar surface area (TPSA) is 37.6 Å². The van der Waals surface area contributed by atoms with Crippen molar-refractivity contribution in [2.24, 2.45) is 5.92 Å². The van der Waals surface area contributed by atoms with Crippen LogP contribution in [-0.2, 0) is 11.2 Å². The van der Waals surface area contributed by atoms with Crippen molar-refractivity contribution in [1.29, 1.82) is 0 Å². The van der Waals surface area contributed by atoms with Gasteiger partial charge in [0.15, 0.2) is 4.96 Å². The molecular weight excluding hydrogens is 354 g/mol. The zero-order chi connectivity index (χ0) is 17.4. The number of imidazole rings is 1. The van der Waals surface area contributed by atoms with Gasteiger partial charge < -0.3 is 4.90 Å². The van der Waals surface area contributed by atoms with Gasteiger partial charge in [0.1, 0.15) is 0 Å². The Morgan fingerprint density at radius 3 is 2.72 bits per heavy atom. The van der Waals surface area contributed by atoms with E-state index in [1.54, 1.807) is 11.3 Å². The predicted octanol–water partition coefficient (Wildman–Crippen LogP) is 4.52. The van der Waals surface area contributed by atoms with Crippen LogP contribution in [0.2, 0.25) is 5.02 Å². The fourth-order valence-electron chi connectivity index (χ4n) is 3.24. The molecule has 0 aliphatic carbocycles. The van der Waals surface area contributed by atoms with Crippen molar-refractivity contribution in [2.45, 2.75) is 26.2 Å². The van der Waals surface area contributed by atoms with Gasteiger partial charge in [-0.2, -0.15) is 0 Å². The fraction of sp³-hybridized carbons (Fsp3) is 0.368. The summed E-state index contributed by atoms with van der Waals surface area (Å²) in [5, 5.41) is 2.75. The number of piperidine rings is 1. The average Bonchev–Trinajstić information content (AvgIpc) is 3.18. The van der Waals surface area contributed by atoms with Crippen molar-refractivity contribution in [1.82, 2.24) is 14.3 Å². The first-order valence-electron chi connectivity index (χ1n) is 8.59. The van der Waals surface area contributed by atoms with E-state index in [0.717, 1.165) is 53.8 Å². The van der Waals surface area contributed by atoms with Crippen molar-refractivity contribution in [2.75, 3.05) is 13.1 Å². The molecule has 4 rings (SSSR count). The van der Waals surface area contributed by atoms with Crippen LogP contribution in [0.5, 0.6) is 0 Å². The first-order chi connectivity index (χ1) is 12.1. The molecule has 0 saturated carbocycles. The van der Waals surface area contributed by atoms with E-state index in [-0.39, 0.29) is 5.91 Å². The second kappa shape index (κ2) is 6.81. The van der Waals surface area contributed by atoms with Crippen LogP contribution >= 0.6 is 22.9 Å². The molecule has 0 unspecified atom stereocenters. The van der Waals surface area contributed by atoms with Crippen molar-refractivity contribution < 1.29 is 4.79 Å². The van der Waals surface area contributed by atoms with E-state index in [0.29, 0.717) is 11.4 Å². The maximum absolute atomic E-state index is 12.6. The van der Waals surface area contributed by atoms with E-state index in [9.17, 15) is 4.79 Å². The molecule has 130 valence electrons. The number of carbonyl (C=O) groups excluding carboxylic acids is 1. The molecule has 6 heteroatoms. The van der Waals surface area contributed by atoms with Crippen LogP contribution in [0.1, 0.15) is 25.5 Å². The lowest BCUT2D eigenvalue weighted by atomic mass is 9.99. The third-order valence-corrected chi connectivity index (χ3v) is 6.03. The quantitative estimate of drug-likeness (QED) is 0.677. The largest absolute Gasteiger partial charge is 0.342 e. The maximum Gasteiger partial charge on any atom is 0.228 e. The summed E-state index contributed by atoms with van der Waals surface area (Å²) in [6.07, 6.45) is 4.66. The lowest BCUT2D eigenvalue weighted by molar-refractivity contribution is -0.131. The molecule has 2 aromatic heterocycles. The molecular formula is C19H20ClN3OS. The average molecular weight is 374 g/mol. The highest BCUT2D eigenvalue weighted by Crippen LogP contribution is 2.25. The monoisotopic (exact) mass is 373 g/mol. The number of nitrogens with zero attached hydrogens (tertiary/aromatic N) is 3. The summed E-state index contributed by atoms with van der Waals surface area (Å²) in [6.45, 7) is 4.02. The van der Waals surface area contributed by atoms with Crippen LogP contribution in [0.3, 0.4) is 0 Å². The lowest BCUT2D eigenvalue weighted by Gasteiger charge is -2.30. The third kappa shape index (κ3) is 3.44. The standard InChI is InChI=1S/C19H20ClN3OS/c1-13-6-8-22(9-7-13)18(24)10-16-12-25-19-21-17(11-23(16)19)14-2-4-15(20)5-3-14/h2-5,11-13H,6-10H2,1H3. The molecule has 1 aliphatic rings. The second-order valence-corrected chi connectivity index (χ2v) is 8.03. The summed E-state index contributed by atoms with van der Waals surface area (Å²) in [5.41, 5.74) is 2.95. The SMILES string of the molecule is CC1CCN(C(=O)Cc2csc3nc(-c4ccc(Cl)cc4)cn23)CC1. The molecule has 1 aromatic carbocycles. The Balaban J connectivity index is 1.54. The summed E-state index contributed by atoms with van der Waals surface area (Å²) in [5.74, 6) is 0.945. The molecule has 0 bridgehead atoms. The van der Waals surface area contributed by atoms with Crippen LogP contribution in [0.4, 0.5) is 0 Å². The van der Waals surface area contributed by atoms with Crippen LogP contribution < -0.4 is 0 Å². The number of halogens is 1. The Morgan fingerprint density at radius 1 is 1.28 bits per heavy atom. The van der Waals surface area contributed by atoms with Gasteiger partial charge in [-0.1, -0.05) is 30.7 Å². The number of hydrogen-bond acceptors (Lipinski definition) is 3. The number of likely N-dealkylation sites (tertiary alicyclic amines) is 1. The number of amides is 1. The minimum atomic E-state index is 0.216. The summed E-state index contributed by atoms with van der Waals surface area (Å²) in [4.78, 5) is 20.2. The number of carbonyl (C=O) groups is 1. The fourth-order valence-corrected chi connectivity index (χ4v) is 4.24. The number of hydrogen-bond donors (Lipinski definition) is 0. The number of fused-ring (bicyclic) bond motifs is 1. The molecule has 3 heterocycles. The molecule has 0 spiro atoms. The molecule has 0 atom stereocenters. The van der Waals surface area contributed by atoms with E-state index in [1.807, 2.05) is 45.1 Å². The van der Waals surface area contributed by atoms with Gasteiger partial charge in [-0.25, -0.2) is 4.98 Å². The highest BCUT2D eigenvalue weighted by Gasteiger charge is 2.21. The first kappa shape index (κ1) is 16.6. The normalized spacial score (nSPS) is 15.8. The van der Waals surface area contributed by atoms with Gasteiger partial charge in [0, 0.05) is 40.9 Å². The van der Waals surface area contributed by atoms with Crippen LogP contribution in [0, 0.1) is 5.92 Å². The lowest BCUT2D eigenvalue weighted by Crippen LogP contribution is -2.38. The van der Waals surface area contributed by atoms with E-state index in [4.69, 9.17) is 11.6 Å². The van der Waals surface area contributed by atoms with Gasteiger partial charge in [0.05, 0.1) is 12.1 Å². The van der Waals surface area contributed by atoms with Crippen LogP contribution in [0.25, 0.3) is 16.2 Å². The van der Waals surface area contributed by atoms with Crippen molar-refractivity contribution >= 4 is 33.8 Å². The molecule has 25 heavy (non-hydrogen) atoms. The van der Waals surface area contributed by atoms with Gasteiger partial charge in [-0.3, -0.25) is 9.20 Å². The van der Waals surface area contributed by atoms with E-state index >= 15 is 0 Å². The summed E-state index contributed by atoms with van der Waals surface area (Å²) >= 11 is 7.53. The molecule has 1 amide bonds. The molecule has 1 saturated heterocycles.